The van der Waals surface area contributed by atoms with Crippen molar-refractivity contribution >= 4 is 0 Å². The molecule has 0 heterocycles. The first kappa shape index (κ1) is 13.4. The highest BCUT2D eigenvalue weighted by atomic mass is 14.5. The fourth-order valence-electron chi connectivity index (χ4n) is 4.31. The third-order valence-electron chi connectivity index (χ3n) is 4.92. The molecule has 2 radical (unpaired) electrons. The molecule has 2 aromatic carbocycles. The van der Waals surface area contributed by atoms with Crippen LogP contribution in [0.5, 0.6) is 0 Å². The van der Waals surface area contributed by atoms with Gasteiger partial charge in [0.15, 0.2) is 0 Å². The molecule has 0 amide bonds. The van der Waals surface area contributed by atoms with Crippen molar-refractivity contribution in [2.75, 3.05) is 0 Å². The molecule has 20 heavy (non-hydrogen) atoms. The first-order valence-corrected chi connectivity index (χ1v) is 7.48. The molecule has 1 atom stereocenters. The fraction of sp³-hybridized carbons (Fsp3) is 0.400. The molecular formula is C20H22. The van der Waals surface area contributed by atoms with Crippen LogP contribution in [0.25, 0.3) is 0 Å². The summed E-state index contributed by atoms with van der Waals surface area (Å²) in [6.45, 7) is 7.20. The lowest BCUT2D eigenvalue weighted by Gasteiger charge is -2.36. The summed E-state index contributed by atoms with van der Waals surface area (Å²) in [5.41, 5.74) is 3.38. The highest BCUT2D eigenvalue weighted by molar-refractivity contribution is 5.42. The number of hydrogen-bond acceptors (Lipinski definition) is 0. The minimum absolute atomic E-state index is 0.133. The van der Waals surface area contributed by atoms with E-state index in [1.54, 1.807) is 0 Å². The molecule has 1 unspecified atom stereocenters. The molecule has 0 aliphatic heterocycles. The summed E-state index contributed by atoms with van der Waals surface area (Å²) in [5, 5.41) is 0. The summed E-state index contributed by atoms with van der Waals surface area (Å²) in [4.78, 5) is 0. The number of rotatable bonds is 2. The van der Waals surface area contributed by atoms with Gasteiger partial charge in [0.1, 0.15) is 0 Å². The molecule has 0 nitrogen and oxygen atoms in total. The van der Waals surface area contributed by atoms with E-state index < -0.39 is 0 Å². The summed E-state index contributed by atoms with van der Waals surface area (Å²) in [6.07, 6.45) is 2.47. The van der Waals surface area contributed by atoms with Crippen LogP contribution in [-0.4, -0.2) is 0 Å². The first-order valence-electron chi connectivity index (χ1n) is 7.48. The smallest absolute Gasteiger partial charge is 0.0233 e. The van der Waals surface area contributed by atoms with E-state index in [-0.39, 0.29) is 5.41 Å². The van der Waals surface area contributed by atoms with Gasteiger partial charge in [-0.2, -0.15) is 0 Å². The van der Waals surface area contributed by atoms with Gasteiger partial charge < -0.3 is 0 Å². The van der Waals surface area contributed by atoms with Crippen LogP contribution in [0, 0.1) is 23.5 Å². The van der Waals surface area contributed by atoms with Gasteiger partial charge in [-0.3, -0.25) is 0 Å². The average Bonchev–Trinajstić information content (AvgIpc) is 2.71. The largest absolute Gasteiger partial charge is 0.0613 e. The minimum atomic E-state index is 0.133. The fourth-order valence-corrected chi connectivity index (χ4v) is 4.31. The van der Waals surface area contributed by atoms with Crippen molar-refractivity contribution < 1.29 is 0 Å². The molecule has 0 saturated heterocycles. The topological polar surface area (TPSA) is 0 Å². The van der Waals surface area contributed by atoms with E-state index in [1.165, 1.54) is 24.0 Å². The van der Waals surface area contributed by atoms with Crippen molar-refractivity contribution in [1.82, 2.24) is 0 Å². The summed E-state index contributed by atoms with van der Waals surface area (Å²) in [5.74, 6) is 0.641. The number of hydrogen-bond donors (Lipinski definition) is 0. The van der Waals surface area contributed by atoms with Gasteiger partial charge in [-0.1, -0.05) is 69.3 Å². The van der Waals surface area contributed by atoms with Gasteiger partial charge in [0.2, 0.25) is 0 Å². The second kappa shape index (κ2) is 4.77. The van der Waals surface area contributed by atoms with Crippen molar-refractivity contribution in [2.24, 2.45) is 11.3 Å². The Labute approximate surface area is 122 Å². The molecule has 0 aromatic heterocycles. The van der Waals surface area contributed by atoms with Crippen LogP contribution < -0.4 is 0 Å². The lowest BCUT2D eigenvalue weighted by molar-refractivity contribution is 0.356. The monoisotopic (exact) mass is 262 g/mol. The molecule has 3 rings (SSSR count). The van der Waals surface area contributed by atoms with Crippen LogP contribution in [0.3, 0.4) is 0 Å². The Hall–Kier alpha value is -1.56. The normalized spacial score (nSPS) is 23.6. The van der Waals surface area contributed by atoms with Crippen molar-refractivity contribution in [3.8, 4) is 0 Å². The number of benzene rings is 2. The Morgan fingerprint density at radius 3 is 1.70 bits per heavy atom. The zero-order chi connectivity index (χ0) is 14.2. The maximum atomic E-state index is 3.15. The van der Waals surface area contributed by atoms with Crippen LogP contribution in [0.4, 0.5) is 0 Å². The maximum Gasteiger partial charge on any atom is 0.0233 e. The molecule has 102 valence electrons. The summed E-state index contributed by atoms with van der Waals surface area (Å²) in [6, 6.07) is 23.5. The van der Waals surface area contributed by atoms with E-state index >= 15 is 0 Å². The molecule has 0 spiro atoms. The summed E-state index contributed by atoms with van der Waals surface area (Å²) in [7, 11) is 0. The minimum Gasteiger partial charge on any atom is -0.0613 e. The van der Waals surface area contributed by atoms with Gasteiger partial charge in [-0.05, 0) is 47.4 Å². The molecule has 1 aliphatic rings. The quantitative estimate of drug-likeness (QED) is 0.712. The van der Waals surface area contributed by atoms with E-state index in [1.807, 2.05) is 24.3 Å². The van der Waals surface area contributed by atoms with Crippen molar-refractivity contribution in [2.45, 2.75) is 39.0 Å². The summed E-state index contributed by atoms with van der Waals surface area (Å²) >= 11 is 0. The van der Waals surface area contributed by atoms with E-state index in [9.17, 15) is 0 Å². The highest BCUT2D eigenvalue weighted by Gasteiger charge is 2.50. The first-order chi connectivity index (χ1) is 9.55. The van der Waals surface area contributed by atoms with Gasteiger partial charge in [-0.15, -0.1) is 0 Å². The third kappa shape index (κ3) is 2.08. The van der Waals surface area contributed by atoms with Crippen molar-refractivity contribution in [1.29, 1.82) is 0 Å². The third-order valence-corrected chi connectivity index (χ3v) is 4.92. The van der Waals surface area contributed by atoms with E-state index in [2.05, 4.69) is 57.2 Å². The zero-order valence-corrected chi connectivity index (χ0v) is 12.6. The van der Waals surface area contributed by atoms with Gasteiger partial charge in [0.25, 0.3) is 0 Å². The zero-order valence-electron chi connectivity index (χ0n) is 12.6. The van der Waals surface area contributed by atoms with Gasteiger partial charge >= 0.3 is 0 Å². The molecule has 1 saturated carbocycles. The Balaban J connectivity index is 2.20. The van der Waals surface area contributed by atoms with Crippen LogP contribution >= 0.6 is 0 Å². The standard InChI is InChI=1S/C20H22/c1-16-14-19(2,3)15-20(16,17-10-6-4-7-11-17)18-12-8-5-9-13-18/h6-13,16H,14-15H2,1-3H3. The Bertz CT molecular complexity index is 526. The van der Waals surface area contributed by atoms with E-state index in [0.29, 0.717) is 11.3 Å². The van der Waals surface area contributed by atoms with Crippen LogP contribution in [0.15, 0.2) is 48.5 Å². The molecular weight excluding hydrogens is 240 g/mol. The molecule has 1 fully saturated rings. The van der Waals surface area contributed by atoms with E-state index in [0.717, 1.165) is 0 Å². The molecule has 0 bridgehead atoms. The Kier molecular flexibility index (Phi) is 3.20. The molecule has 2 aromatic rings. The van der Waals surface area contributed by atoms with E-state index in [4.69, 9.17) is 0 Å². The predicted octanol–water partition coefficient (Wildman–Crippen LogP) is 5.03. The highest BCUT2D eigenvalue weighted by Crippen LogP contribution is 2.57. The second-order valence-electron chi connectivity index (χ2n) is 6.99. The predicted molar refractivity (Wildman–Crippen MR) is 83.5 cm³/mol. The molecule has 1 aliphatic carbocycles. The van der Waals surface area contributed by atoms with Crippen LogP contribution in [0.2, 0.25) is 0 Å². The van der Waals surface area contributed by atoms with Crippen LogP contribution in [-0.2, 0) is 5.41 Å². The molecule has 0 N–H and O–H groups in total. The lowest BCUT2D eigenvalue weighted by Crippen LogP contribution is -2.31. The Morgan fingerprint density at radius 1 is 0.900 bits per heavy atom. The van der Waals surface area contributed by atoms with Crippen LogP contribution in [0.1, 0.15) is 44.7 Å². The van der Waals surface area contributed by atoms with Crippen molar-refractivity contribution in [3.63, 3.8) is 0 Å². The van der Waals surface area contributed by atoms with Gasteiger partial charge in [0, 0.05) is 5.41 Å². The lowest BCUT2D eigenvalue weighted by atomic mass is 9.67. The SMILES string of the molecule is CC1CC(C)(C)CC1(c1cc[c]cc1)c1cc[c]cc1. The molecule has 0 heteroatoms. The maximum absolute atomic E-state index is 3.15. The average molecular weight is 262 g/mol. The van der Waals surface area contributed by atoms with Gasteiger partial charge in [-0.25, -0.2) is 0 Å². The van der Waals surface area contributed by atoms with Crippen molar-refractivity contribution in [3.05, 3.63) is 71.8 Å². The van der Waals surface area contributed by atoms with Gasteiger partial charge in [0.05, 0.1) is 0 Å². The second-order valence-corrected chi connectivity index (χ2v) is 6.99. The Morgan fingerprint density at radius 2 is 1.35 bits per heavy atom. The summed E-state index contributed by atoms with van der Waals surface area (Å²) < 4.78 is 0.